The van der Waals surface area contributed by atoms with E-state index in [9.17, 15) is 9.59 Å². The van der Waals surface area contributed by atoms with E-state index in [2.05, 4.69) is 10.6 Å². The molecule has 0 aromatic heterocycles. The molecule has 0 aliphatic heterocycles. The van der Waals surface area contributed by atoms with E-state index in [4.69, 9.17) is 0 Å². The minimum atomic E-state index is -0.685. The molecule has 0 bridgehead atoms. The molecule has 0 saturated heterocycles. The van der Waals surface area contributed by atoms with Crippen LogP contribution in [0.1, 0.15) is 5.56 Å². The Kier molecular flexibility index (Phi) is 5.00. The SMILES string of the molecule is CSc1ccccc1NC(=O)C(=O)Nc1ccc(C)cc1. The van der Waals surface area contributed by atoms with Crippen molar-refractivity contribution in [3.05, 3.63) is 54.1 Å². The highest BCUT2D eigenvalue weighted by Gasteiger charge is 2.15. The Morgan fingerprint density at radius 2 is 1.52 bits per heavy atom. The average Bonchev–Trinajstić information content (AvgIpc) is 2.50. The van der Waals surface area contributed by atoms with Gasteiger partial charge in [-0.3, -0.25) is 9.59 Å². The zero-order valence-electron chi connectivity index (χ0n) is 11.8. The van der Waals surface area contributed by atoms with Crippen LogP contribution in [-0.4, -0.2) is 18.1 Å². The van der Waals surface area contributed by atoms with Gasteiger partial charge in [-0.2, -0.15) is 0 Å². The first-order valence-electron chi connectivity index (χ1n) is 6.42. The molecule has 5 heteroatoms. The zero-order valence-corrected chi connectivity index (χ0v) is 12.7. The van der Waals surface area contributed by atoms with Crippen molar-refractivity contribution in [1.29, 1.82) is 0 Å². The molecule has 2 rings (SSSR count). The number of aryl methyl sites for hydroxylation is 1. The molecule has 2 aromatic carbocycles. The molecule has 0 unspecified atom stereocenters. The van der Waals surface area contributed by atoms with Crippen molar-refractivity contribution < 1.29 is 9.59 Å². The number of hydrogen-bond acceptors (Lipinski definition) is 3. The third-order valence-corrected chi connectivity index (χ3v) is 3.67. The highest BCUT2D eigenvalue weighted by molar-refractivity contribution is 7.98. The van der Waals surface area contributed by atoms with Crippen LogP contribution in [0.5, 0.6) is 0 Å². The maximum Gasteiger partial charge on any atom is 0.314 e. The molecule has 2 N–H and O–H groups in total. The summed E-state index contributed by atoms with van der Waals surface area (Å²) in [5.74, 6) is -1.37. The van der Waals surface area contributed by atoms with E-state index in [1.165, 1.54) is 11.8 Å². The molecular weight excluding hydrogens is 284 g/mol. The molecule has 0 heterocycles. The molecular formula is C16H16N2O2S. The minimum absolute atomic E-state index is 0.596. The van der Waals surface area contributed by atoms with Gasteiger partial charge in [0.1, 0.15) is 0 Å². The van der Waals surface area contributed by atoms with Crippen LogP contribution in [0.2, 0.25) is 0 Å². The van der Waals surface area contributed by atoms with E-state index >= 15 is 0 Å². The quantitative estimate of drug-likeness (QED) is 0.675. The number of nitrogens with one attached hydrogen (secondary N) is 2. The molecule has 0 radical (unpaired) electrons. The Morgan fingerprint density at radius 3 is 2.19 bits per heavy atom. The summed E-state index contributed by atoms with van der Waals surface area (Å²) in [6.45, 7) is 1.96. The second-order valence-corrected chi connectivity index (χ2v) is 5.32. The number of benzene rings is 2. The second kappa shape index (κ2) is 6.95. The second-order valence-electron chi connectivity index (χ2n) is 4.47. The van der Waals surface area contributed by atoms with Crippen molar-refractivity contribution in [3.63, 3.8) is 0 Å². The van der Waals surface area contributed by atoms with Crippen LogP contribution in [0.15, 0.2) is 53.4 Å². The van der Waals surface area contributed by atoms with Gasteiger partial charge in [-0.15, -0.1) is 11.8 Å². The Balaban J connectivity index is 2.02. The van der Waals surface area contributed by atoms with Crippen LogP contribution >= 0.6 is 11.8 Å². The number of carbonyl (C=O) groups excluding carboxylic acids is 2. The summed E-state index contributed by atoms with van der Waals surface area (Å²) in [7, 11) is 0. The van der Waals surface area contributed by atoms with Crippen LogP contribution in [0, 0.1) is 6.92 Å². The fourth-order valence-electron chi connectivity index (χ4n) is 1.75. The summed E-state index contributed by atoms with van der Waals surface area (Å²) in [6.07, 6.45) is 1.91. The van der Waals surface area contributed by atoms with Crippen LogP contribution in [0.3, 0.4) is 0 Å². The Bertz CT molecular complexity index is 654. The number of amides is 2. The number of anilines is 2. The van der Waals surface area contributed by atoms with Crippen molar-refractivity contribution >= 4 is 35.0 Å². The van der Waals surface area contributed by atoms with Crippen molar-refractivity contribution in [2.75, 3.05) is 16.9 Å². The highest BCUT2D eigenvalue weighted by Crippen LogP contribution is 2.24. The molecule has 0 aliphatic carbocycles. The monoisotopic (exact) mass is 300 g/mol. The van der Waals surface area contributed by atoms with Gasteiger partial charge in [-0.25, -0.2) is 0 Å². The lowest BCUT2D eigenvalue weighted by molar-refractivity contribution is -0.133. The van der Waals surface area contributed by atoms with Crippen molar-refractivity contribution in [1.82, 2.24) is 0 Å². The average molecular weight is 300 g/mol. The Morgan fingerprint density at radius 1 is 0.905 bits per heavy atom. The van der Waals surface area contributed by atoms with Gasteiger partial charge < -0.3 is 10.6 Å². The standard InChI is InChI=1S/C16H16N2O2S/c1-11-7-9-12(10-8-11)17-15(19)16(20)18-13-5-3-4-6-14(13)21-2/h3-10H,1-2H3,(H,17,19)(H,18,20). The van der Waals surface area contributed by atoms with Gasteiger partial charge in [-0.05, 0) is 37.4 Å². The van der Waals surface area contributed by atoms with Crippen LogP contribution in [0.4, 0.5) is 11.4 Å². The molecule has 21 heavy (non-hydrogen) atoms. The smallest absolute Gasteiger partial charge is 0.314 e. The summed E-state index contributed by atoms with van der Waals surface area (Å²) in [6, 6.07) is 14.6. The molecule has 0 aliphatic rings. The Labute approximate surface area is 127 Å². The van der Waals surface area contributed by atoms with Crippen LogP contribution < -0.4 is 10.6 Å². The number of hydrogen-bond donors (Lipinski definition) is 2. The number of para-hydroxylation sites is 1. The number of rotatable bonds is 3. The van der Waals surface area contributed by atoms with E-state index in [1.807, 2.05) is 43.5 Å². The predicted molar refractivity (Wildman–Crippen MR) is 86.7 cm³/mol. The van der Waals surface area contributed by atoms with Crippen LogP contribution in [0.25, 0.3) is 0 Å². The van der Waals surface area contributed by atoms with Gasteiger partial charge in [0, 0.05) is 10.6 Å². The first kappa shape index (κ1) is 15.1. The molecule has 0 atom stereocenters. The van der Waals surface area contributed by atoms with Gasteiger partial charge >= 0.3 is 11.8 Å². The number of carbonyl (C=O) groups is 2. The summed E-state index contributed by atoms with van der Waals surface area (Å²) < 4.78 is 0. The highest BCUT2D eigenvalue weighted by atomic mass is 32.2. The summed E-state index contributed by atoms with van der Waals surface area (Å²) in [5, 5.41) is 5.19. The molecule has 108 valence electrons. The normalized spacial score (nSPS) is 10.0. The van der Waals surface area contributed by atoms with Crippen LogP contribution in [-0.2, 0) is 9.59 Å². The van der Waals surface area contributed by atoms with Gasteiger partial charge in [0.05, 0.1) is 5.69 Å². The van der Waals surface area contributed by atoms with E-state index in [-0.39, 0.29) is 0 Å². The van der Waals surface area contributed by atoms with Gasteiger partial charge in [-0.1, -0.05) is 29.8 Å². The summed E-state index contributed by atoms with van der Waals surface area (Å²) in [5.41, 5.74) is 2.32. The summed E-state index contributed by atoms with van der Waals surface area (Å²) in [4.78, 5) is 24.7. The van der Waals surface area contributed by atoms with Gasteiger partial charge in [0.25, 0.3) is 0 Å². The third kappa shape index (κ3) is 4.10. The number of thioether (sulfide) groups is 1. The predicted octanol–water partition coefficient (Wildman–Crippen LogP) is 3.29. The first-order chi connectivity index (χ1) is 10.1. The van der Waals surface area contributed by atoms with Crippen molar-refractivity contribution in [3.8, 4) is 0 Å². The largest absolute Gasteiger partial charge is 0.318 e. The van der Waals surface area contributed by atoms with Crippen molar-refractivity contribution in [2.45, 2.75) is 11.8 Å². The third-order valence-electron chi connectivity index (χ3n) is 2.87. The molecule has 4 nitrogen and oxygen atoms in total. The maximum absolute atomic E-state index is 11.9. The lowest BCUT2D eigenvalue weighted by Gasteiger charge is -2.09. The van der Waals surface area contributed by atoms with E-state index in [0.717, 1.165) is 10.5 Å². The topological polar surface area (TPSA) is 58.2 Å². The lowest BCUT2D eigenvalue weighted by Crippen LogP contribution is -2.29. The molecule has 0 saturated carbocycles. The molecule has 0 spiro atoms. The fraction of sp³-hybridized carbons (Fsp3) is 0.125. The maximum atomic E-state index is 11.9. The van der Waals surface area contributed by atoms with E-state index < -0.39 is 11.8 Å². The minimum Gasteiger partial charge on any atom is -0.318 e. The van der Waals surface area contributed by atoms with E-state index in [0.29, 0.717) is 11.4 Å². The molecule has 0 fully saturated rings. The van der Waals surface area contributed by atoms with Crippen molar-refractivity contribution in [2.24, 2.45) is 0 Å². The first-order valence-corrected chi connectivity index (χ1v) is 7.64. The zero-order chi connectivity index (χ0) is 15.2. The molecule has 2 amide bonds. The lowest BCUT2D eigenvalue weighted by atomic mass is 10.2. The fourth-order valence-corrected chi connectivity index (χ4v) is 2.31. The van der Waals surface area contributed by atoms with Gasteiger partial charge in [0.15, 0.2) is 0 Å². The van der Waals surface area contributed by atoms with Gasteiger partial charge in [0.2, 0.25) is 0 Å². The summed E-state index contributed by atoms with van der Waals surface area (Å²) >= 11 is 1.51. The molecule has 2 aromatic rings. The van der Waals surface area contributed by atoms with E-state index in [1.54, 1.807) is 18.2 Å². The Hall–Kier alpha value is -2.27.